The number of nitrogens with zero attached hydrogens (tertiary/aromatic N) is 3. The van der Waals surface area contributed by atoms with E-state index in [4.69, 9.17) is 0 Å². The predicted molar refractivity (Wildman–Crippen MR) is 80.7 cm³/mol. The van der Waals surface area contributed by atoms with Crippen LogP contribution in [0.1, 0.15) is 16.4 Å². The maximum absolute atomic E-state index is 13.2. The van der Waals surface area contributed by atoms with Gasteiger partial charge in [-0.1, -0.05) is 11.3 Å². The van der Waals surface area contributed by atoms with E-state index in [-0.39, 0.29) is 11.4 Å². The van der Waals surface area contributed by atoms with Crippen LogP contribution < -0.4 is 4.72 Å². The first kappa shape index (κ1) is 16.0. The van der Waals surface area contributed by atoms with Crippen molar-refractivity contribution in [3.63, 3.8) is 0 Å². The van der Waals surface area contributed by atoms with Crippen LogP contribution in [0, 0.1) is 25.5 Å². The van der Waals surface area contributed by atoms with Crippen molar-refractivity contribution >= 4 is 26.3 Å². The van der Waals surface area contributed by atoms with Crippen LogP contribution in [-0.4, -0.2) is 23.0 Å². The molecule has 0 bridgehead atoms. The zero-order valence-corrected chi connectivity index (χ0v) is 13.8. The van der Waals surface area contributed by atoms with E-state index in [0.29, 0.717) is 22.4 Å². The molecule has 23 heavy (non-hydrogen) atoms. The zero-order valence-electron chi connectivity index (χ0n) is 12.2. The van der Waals surface area contributed by atoms with Crippen LogP contribution in [0.3, 0.4) is 0 Å². The van der Waals surface area contributed by atoms with E-state index in [9.17, 15) is 17.2 Å². The molecule has 3 aromatic rings. The van der Waals surface area contributed by atoms with Gasteiger partial charge in [-0.3, -0.25) is 0 Å². The van der Waals surface area contributed by atoms with Crippen molar-refractivity contribution in [1.29, 1.82) is 0 Å². The van der Waals surface area contributed by atoms with E-state index in [1.807, 2.05) is 6.92 Å². The monoisotopic (exact) mass is 358 g/mol. The number of hydrogen-bond acceptors (Lipinski definition) is 5. The number of aromatic nitrogens is 3. The largest absolute Gasteiger partial charge is 0.241 e. The molecule has 0 saturated heterocycles. The zero-order chi connectivity index (χ0) is 16.8. The molecule has 0 aliphatic carbocycles. The highest BCUT2D eigenvalue weighted by molar-refractivity contribution is 7.89. The van der Waals surface area contributed by atoms with Gasteiger partial charge in [-0.25, -0.2) is 31.4 Å². The molecule has 10 heteroatoms. The van der Waals surface area contributed by atoms with E-state index in [2.05, 4.69) is 14.8 Å². The number of hydrogen-bond donors (Lipinski definition) is 1. The van der Waals surface area contributed by atoms with Gasteiger partial charge in [0.15, 0.2) is 11.6 Å². The first-order valence-electron chi connectivity index (χ1n) is 6.54. The minimum atomic E-state index is -3.98. The highest BCUT2D eigenvalue weighted by Gasteiger charge is 2.19. The number of benzene rings is 1. The number of sulfonamides is 1. The predicted octanol–water partition coefficient (Wildman–Crippen LogP) is 2.16. The minimum absolute atomic E-state index is 0.0580. The van der Waals surface area contributed by atoms with Crippen molar-refractivity contribution in [3.8, 4) is 0 Å². The van der Waals surface area contributed by atoms with Gasteiger partial charge in [-0.2, -0.15) is 5.10 Å². The summed E-state index contributed by atoms with van der Waals surface area (Å²) >= 11 is 1.39. The second-order valence-corrected chi connectivity index (χ2v) is 7.79. The second-order valence-electron chi connectivity index (χ2n) is 4.86. The Morgan fingerprint density at radius 3 is 2.70 bits per heavy atom. The van der Waals surface area contributed by atoms with Crippen molar-refractivity contribution in [2.24, 2.45) is 0 Å². The van der Waals surface area contributed by atoms with Crippen LogP contribution in [0.5, 0.6) is 0 Å². The Kier molecular flexibility index (Phi) is 3.90. The SMILES string of the molecule is Cc1nn2c(CNS(=O)(=O)c3ccc(F)c(F)c3)c(C)nc2s1. The molecule has 1 N–H and O–H groups in total. The first-order valence-corrected chi connectivity index (χ1v) is 8.84. The molecule has 0 spiro atoms. The fourth-order valence-electron chi connectivity index (χ4n) is 2.08. The summed E-state index contributed by atoms with van der Waals surface area (Å²) in [7, 11) is -3.98. The van der Waals surface area contributed by atoms with Gasteiger partial charge in [0.25, 0.3) is 0 Å². The van der Waals surface area contributed by atoms with E-state index in [1.54, 1.807) is 11.4 Å². The van der Waals surface area contributed by atoms with Crippen molar-refractivity contribution in [2.45, 2.75) is 25.3 Å². The lowest BCUT2D eigenvalue weighted by molar-refractivity contribution is 0.504. The molecule has 0 aliphatic heterocycles. The molecular formula is C13H12F2N4O2S2. The first-order chi connectivity index (χ1) is 10.8. The van der Waals surface area contributed by atoms with Crippen molar-refractivity contribution in [1.82, 2.24) is 19.3 Å². The van der Waals surface area contributed by atoms with E-state index in [1.165, 1.54) is 11.3 Å². The highest BCUT2D eigenvalue weighted by Crippen LogP contribution is 2.19. The van der Waals surface area contributed by atoms with Gasteiger partial charge >= 0.3 is 0 Å². The maximum Gasteiger partial charge on any atom is 0.241 e. The molecule has 0 radical (unpaired) electrons. The summed E-state index contributed by atoms with van der Waals surface area (Å²) in [6.45, 7) is 3.51. The number of fused-ring (bicyclic) bond motifs is 1. The molecule has 2 aromatic heterocycles. The number of nitrogens with one attached hydrogen (secondary N) is 1. The Labute approximate surface area is 134 Å². The smallest absolute Gasteiger partial charge is 0.223 e. The summed E-state index contributed by atoms with van der Waals surface area (Å²) in [5.74, 6) is -2.32. The quantitative estimate of drug-likeness (QED) is 0.775. The van der Waals surface area contributed by atoms with Crippen molar-refractivity contribution in [3.05, 3.63) is 46.2 Å². The molecule has 3 rings (SSSR count). The van der Waals surface area contributed by atoms with Crippen LogP contribution >= 0.6 is 11.3 Å². The fourth-order valence-corrected chi connectivity index (χ4v) is 3.89. The number of halogens is 2. The standard InChI is InChI=1S/C13H12F2N4O2S2/c1-7-12(19-13(17-7)22-8(2)18-19)6-16-23(20,21)9-3-4-10(14)11(15)5-9/h3-5,16H,6H2,1-2H3. The molecule has 0 unspecified atom stereocenters. The highest BCUT2D eigenvalue weighted by atomic mass is 32.2. The molecule has 6 nitrogen and oxygen atoms in total. The number of rotatable bonds is 4. The van der Waals surface area contributed by atoms with E-state index in [0.717, 1.165) is 17.1 Å². The third-order valence-corrected chi connectivity index (χ3v) is 5.45. The molecule has 0 saturated carbocycles. The second kappa shape index (κ2) is 5.62. The number of imidazole rings is 1. The lowest BCUT2D eigenvalue weighted by atomic mass is 10.3. The average molecular weight is 358 g/mol. The van der Waals surface area contributed by atoms with Crippen LogP contribution in [0.25, 0.3) is 4.96 Å². The Hall–Kier alpha value is -1.91. The lowest BCUT2D eigenvalue weighted by Gasteiger charge is -2.07. The van der Waals surface area contributed by atoms with E-state index < -0.39 is 21.7 Å². The van der Waals surface area contributed by atoms with Gasteiger partial charge < -0.3 is 0 Å². The lowest BCUT2D eigenvalue weighted by Crippen LogP contribution is -2.24. The summed E-state index contributed by atoms with van der Waals surface area (Å²) in [4.78, 5) is 4.63. The summed E-state index contributed by atoms with van der Waals surface area (Å²) in [5, 5.41) is 5.06. The van der Waals surface area contributed by atoms with Crippen LogP contribution in [0.15, 0.2) is 23.1 Å². The Balaban J connectivity index is 1.88. The number of aryl methyl sites for hydroxylation is 2. The average Bonchev–Trinajstić information content (AvgIpc) is 2.94. The van der Waals surface area contributed by atoms with Gasteiger partial charge in [0, 0.05) is 0 Å². The third kappa shape index (κ3) is 2.96. The molecule has 2 heterocycles. The molecular weight excluding hydrogens is 346 g/mol. The molecule has 1 aromatic carbocycles. The van der Waals surface area contributed by atoms with Gasteiger partial charge in [-0.05, 0) is 32.0 Å². The van der Waals surface area contributed by atoms with Crippen LogP contribution in [-0.2, 0) is 16.6 Å². The van der Waals surface area contributed by atoms with Gasteiger partial charge in [0.2, 0.25) is 15.0 Å². The molecule has 0 amide bonds. The summed E-state index contributed by atoms with van der Waals surface area (Å²) in [6, 6.07) is 2.42. The minimum Gasteiger partial charge on any atom is -0.223 e. The topological polar surface area (TPSA) is 76.4 Å². The van der Waals surface area contributed by atoms with Crippen molar-refractivity contribution < 1.29 is 17.2 Å². The third-order valence-electron chi connectivity index (χ3n) is 3.23. The molecule has 122 valence electrons. The molecule has 0 atom stereocenters. The fraction of sp³-hybridized carbons (Fsp3) is 0.231. The summed E-state index contributed by atoms with van der Waals surface area (Å²) < 4.78 is 54.4. The molecule has 0 fully saturated rings. The molecule has 0 aliphatic rings. The van der Waals surface area contributed by atoms with Crippen LogP contribution in [0.2, 0.25) is 0 Å². The normalized spacial score (nSPS) is 12.2. The van der Waals surface area contributed by atoms with Gasteiger partial charge in [-0.15, -0.1) is 0 Å². The van der Waals surface area contributed by atoms with Crippen molar-refractivity contribution in [2.75, 3.05) is 0 Å². The van der Waals surface area contributed by atoms with Gasteiger partial charge in [0.1, 0.15) is 5.01 Å². The van der Waals surface area contributed by atoms with Gasteiger partial charge in [0.05, 0.1) is 22.8 Å². The Morgan fingerprint density at radius 1 is 1.26 bits per heavy atom. The van der Waals surface area contributed by atoms with Crippen LogP contribution in [0.4, 0.5) is 8.78 Å². The van der Waals surface area contributed by atoms with E-state index >= 15 is 0 Å². The summed E-state index contributed by atoms with van der Waals surface area (Å²) in [5.41, 5.74) is 1.24. The summed E-state index contributed by atoms with van der Waals surface area (Å²) in [6.07, 6.45) is 0. The maximum atomic E-state index is 13.2. The Bertz CT molecular complexity index is 995. The Morgan fingerprint density at radius 2 is 2.00 bits per heavy atom.